The zero-order chi connectivity index (χ0) is 10.7. The Hall–Kier alpha value is -0.0400. The lowest BCUT2D eigenvalue weighted by atomic mass is 9.80. The molecule has 0 bridgehead atoms. The van der Waals surface area contributed by atoms with Crippen LogP contribution in [0.4, 0.5) is 0 Å². The minimum Gasteiger partial charge on any atom is -0.314 e. The third-order valence-electron chi connectivity index (χ3n) is 4.49. The second-order valence-corrected chi connectivity index (χ2v) is 6.14. The van der Waals surface area contributed by atoms with E-state index in [0.29, 0.717) is 0 Å². The van der Waals surface area contributed by atoms with Crippen LogP contribution in [0.25, 0.3) is 0 Å². The summed E-state index contributed by atoms with van der Waals surface area (Å²) in [6, 6.07) is 0.863. The molecular weight excluding hydrogens is 182 g/mol. The summed E-state index contributed by atoms with van der Waals surface area (Å²) in [5, 5.41) is 3.71. The smallest absolute Gasteiger partial charge is 0.00721 e. The molecule has 0 unspecified atom stereocenters. The van der Waals surface area contributed by atoms with Crippen molar-refractivity contribution in [2.45, 2.75) is 64.8 Å². The van der Waals surface area contributed by atoms with Gasteiger partial charge in [-0.1, -0.05) is 39.5 Å². The maximum atomic E-state index is 3.71. The van der Waals surface area contributed by atoms with Crippen LogP contribution in [0, 0.1) is 17.8 Å². The van der Waals surface area contributed by atoms with Crippen molar-refractivity contribution in [2.24, 2.45) is 17.8 Å². The van der Waals surface area contributed by atoms with Crippen molar-refractivity contribution in [3.63, 3.8) is 0 Å². The van der Waals surface area contributed by atoms with Crippen molar-refractivity contribution in [1.29, 1.82) is 0 Å². The lowest BCUT2D eigenvalue weighted by Gasteiger charge is -2.34. The summed E-state index contributed by atoms with van der Waals surface area (Å²) in [6.07, 6.45) is 10.2. The molecule has 88 valence electrons. The molecule has 0 heterocycles. The van der Waals surface area contributed by atoms with E-state index in [1.54, 1.807) is 0 Å². The quantitative estimate of drug-likeness (QED) is 0.746. The van der Waals surface area contributed by atoms with Crippen LogP contribution in [0.15, 0.2) is 0 Å². The third-order valence-corrected chi connectivity index (χ3v) is 4.49. The van der Waals surface area contributed by atoms with Crippen molar-refractivity contribution >= 4 is 0 Å². The lowest BCUT2D eigenvalue weighted by Crippen LogP contribution is -2.40. The molecule has 0 amide bonds. The molecule has 0 radical (unpaired) electrons. The molecule has 0 spiro atoms. The Kier molecular flexibility index (Phi) is 4.07. The van der Waals surface area contributed by atoms with Gasteiger partial charge in [-0.15, -0.1) is 0 Å². The molecule has 15 heavy (non-hydrogen) atoms. The van der Waals surface area contributed by atoms with Gasteiger partial charge in [-0.3, -0.25) is 0 Å². The molecule has 0 atom stereocenters. The molecule has 0 aromatic heterocycles. The standard InChI is InChI=1S/C14H27N/c1-11-3-5-13(6-4-11)7-8-15-14-9-12(2)10-14/h11-15H,3-10H2,1-2H3. The first kappa shape index (κ1) is 11.4. The maximum absolute atomic E-state index is 3.71. The first-order chi connectivity index (χ1) is 7.24. The molecule has 1 heteroatoms. The van der Waals surface area contributed by atoms with Crippen molar-refractivity contribution < 1.29 is 0 Å². The van der Waals surface area contributed by atoms with E-state index in [9.17, 15) is 0 Å². The Morgan fingerprint density at radius 3 is 2.20 bits per heavy atom. The Balaban J connectivity index is 1.51. The zero-order valence-corrected chi connectivity index (χ0v) is 10.5. The Morgan fingerprint density at radius 2 is 1.60 bits per heavy atom. The highest BCUT2D eigenvalue weighted by molar-refractivity contribution is 4.82. The van der Waals surface area contributed by atoms with Crippen molar-refractivity contribution in [2.75, 3.05) is 6.54 Å². The fourth-order valence-corrected chi connectivity index (χ4v) is 3.18. The average molecular weight is 209 g/mol. The Morgan fingerprint density at radius 1 is 0.933 bits per heavy atom. The van der Waals surface area contributed by atoms with Gasteiger partial charge in [0.15, 0.2) is 0 Å². The van der Waals surface area contributed by atoms with Crippen molar-refractivity contribution in [3.8, 4) is 0 Å². The van der Waals surface area contributed by atoms with E-state index in [-0.39, 0.29) is 0 Å². The highest BCUT2D eigenvalue weighted by atomic mass is 14.9. The molecule has 0 aromatic rings. The van der Waals surface area contributed by atoms with E-state index >= 15 is 0 Å². The van der Waals surface area contributed by atoms with Gasteiger partial charge in [0.2, 0.25) is 0 Å². The highest BCUT2D eigenvalue weighted by Gasteiger charge is 2.25. The minimum absolute atomic E-state index is 0.863. The van der Waals surface area contributed by atoms with Crippen molar-refractivity contribution in [3.05, 3.63) is 0 Å². The molecule has 1 nitrogen and oxygen atoms in total. The van der Waals surface area contributed by atoms with Gasteiger partial charge >= 0.3 is 0 Å². The van der Waals surface area contributed by atoms with E-state index in [1.807, 2.05) is 0 Å². The molecule has 2 fully saturated rings. The van der Waals surface area contributed by atoms with Gasteiger partial charge in [0.05, 0.1) is 0 Å². The maximum Gasteiger partial charge on any atom is 0.00721 e. The van der Waals surface area contributed by atoms with E-state index in [1.165, 1.54) is 51.5 Å². The molecule has 1 N–H and O–H groups in total. The van der Waals surface area contributed by atoms with E-state index in [4.69, 9.17) is 0 Å². The molecule has 2 saturated carbocycles. The lowest BCUT2D eigenvalue weighted by molar-refractivity contribution is 0.225. The first-order valence-corrected chi connectivity index (χ1v) is 6.97. The second-order valence-electron chi connectivity index (χ2n) is 6.14. The fraction of sp³-hybridized carbons (Fsp3) is 1.00. The zero-order valence-electron chi connectivity index (χ0n) is 10.5. The highest BCUT2D eigenvalue weighted by Crippen LogP contribution is 2.30. The number of hydrogen-bond acceptors (Lipinski definition) is 1. The second kappa shape index (κ2) is 5.34. The van der Waals surface area contributed by atoms with Gasteiger partial charge in [0.1, 0.15) is 0 Å². The summed E-state index contributed by atoms with van der Waals surface area (Å²) in [5.74, 6) is 3.02. The fourth-order valence-electron chi connectivity index (χ4n) is 3.18. The van der Waals surface area contributed by atoms with Crippen LogP contribution in [-0.4, -0.2) is 12.6 Å². The Labute approximate surface area is 95.0 Å². The summed E-state index contributed by atoms with van der Waals surface area (Å²) < 4.78 is 0. The van der Waals surface area contributed by atoms with Gasteiger partial charge in [-0.2, -0.15) is 0 Å². The van der Waals surface area contributed by atoms with Crippen LogP contribution in [-0.2, 0) is 0 Å². The summed E-state index contributed by atoms with van der Waals surface area (Å²) in [7, 11) is 0. The predicted molar refractivity (Wildman–Crippen MR) is 65.9 cm³/mol. The number of rotatable bonds is 4. The topological polar surface area (TPSA) is 12.0 Å². The summed E-state index contributed by atoms with van der Waals surface area (Å²) in [4.78, 5) is 0. The molecular formula is C14H27N. The van der Waals surface area contributed by atoms with Crippen LogP contribution in [0.3, 0.4) is 0 Å². The first-order valence-electron chi connectivity index (χ1n) is 6.97. The van der Waals surface area contributed by atoms with E-state index in [0.717, 1.165) is 23.8 Å². The molecule has 0 saturated heterocycles. The van der Waals surface area contributed by atoms with E-state index < -0.39 is 0 Å². The third kappa shape index (κ3) is 3.48. The minimum atomic E-state index is 0.863. The summed E-state index contributed by atoms with van der Waals surface area (Å²) in [5.41, 5.74) is 0. The predicted octanol–water partition coefficient (Wildman–Crippen LogP) is 3.59. The molecule has 2 aliphatic rings. The van der Waals surface area contributed by atoms with Gasteiger partial charge in [0, 0.05) is 6.04 Å². The van der Waals surface area contributed by atoms with Crippen LogP contribution in [0.2, 0.25) is 0 Å². The van der Waals surface area contributed by atoms with Crippen LogP contribution in [0.1, 0.15) is 58.8 Å². The largest absolute Gasteiger partial charge is 0.314 e. The molecule has 0 aromatic carbocycles. The monoisotopic (exact) mass is 209 g/mol. The molecule has 2 rings (SSSR count). The summed E-state index contributed by atoms with van der Waals surface area (Å²) in [6.45, 7) is 6.04. The average Bonchev–Trinajstić information content (AvgIpc) is 2.18. The van der Waals surface area contributed by atoms with Crippen LogP contribution >= 0.6 is 0 Å². The molecule has 0 aliphatic heterocycles. The van der Waals surface area contributed by atoms with Gasteiger partial charge in [0.25, 0.3) is 0 Å². The van der Waals surface area contributed by atoms with Crippen LogP contribution in [0.5, 0.6) is 0 Å². The normalized spacial score (nSPS) is 41.2. The van der Waals surface area contributed by atoms with Gasteiger partial charge < -0.3 is 5.32 Å². The van der Waals surface area contributed by atoms with E-state index in [2.05, 4.69) is 19.2 Å². The van der Waals surface area contributed by atoms with Gasteiger partial charge in [-0.05, 0) is 43.6 Å². The van der Waals surface area contributed by atoms with Gasteiger partial charge in [-0.25, -0.2) is 0 Å². The Bertz CT molecular complexity index is 176. The van der Waals surface area contributed by atoms with Crippen molar-refractivity contribution in [1.82, 2.24) is 5.32 Å². The van der Waals surface area contributed by atoms with Crippen LogP contribution < -0.4 is 5.32 Å². The molecule has 2 aliphatic carbocycles. The number of nitrogens with one attached hydrogen (secondary N) is 1. The number of hydrogen-bond donors (Lipinski definition) is 1. The SMILES string of the molecule is CC1CCC(CCNC2CC(C)C2)CC1. The summed E-state index contributed by atoms with van der Waals surface area (Å²) >= 11 is 0.